The molecule has 3 N–H and O–H groups in total. The van der Waals surface area contributed by atoms with E-state index in [2.05, 4.69) is 20.9 Å². The van der Waals surface area contributed by atoms with Crippen LogP contribution in [0.3, 0.4) is 0 Å². The van der Waals surface area contributed by atoms with Gasteiger partial charge in [0, 0.05) is 11.8 Å². The predicted octanol–water partition coefficient (Wildman–Crippen LogP) is 2.93. The predicted molar refractivity (Wildman–Crippen MR) is 89.4 cm³/mol. The molecule has 0 bridgehead atoms. The van der Waals surface area contributed by atoms with Crippen LogP contribution in [0.2, 0.25) is 0 Å². The quantitative estimate of drug-likeness (QED) is 0.220. The molecule has 0 aromatic carbocycles. The second kappa shape index (κ2) is 20.9. The van der Waals surface area contributed by atoms with Gasteiger partial charge in [0.25, 0.3) is 0 Å². The summed E-state index contributed by atoms with van der Waals surface area (Å²) in [5.41, 5.74) is 1.32. The van der Waals surface area contributed by atoms with Crippen LogP contribution in [-0.4, -0.2) is 47.0 Å². The Morgan fingerprint density at radius 3 is 1.95 bits per heavy atom. The summed E-state index contributed by atoms with van der Waals surface area (Å²) >= 11 is 0.900. The summed E-state index contributed by atoms with van der Waals surface area (Å²) in [6.45, 7) is 8.94. The van der Waals surface area contributed by atoms with E-state index >= 15 is 0 Å². The maximum absolute atomic E-state index is 8.70. The van der Waals surface area contributed by atoms with Crippen molar-refractivity contribution in [1.29, 1.82) is 0 Å². The summed E-state index contributed by atoms with van der Waals surface area (Å²) in [7, 11) is 0. The van der Waals surface area contributed by atoms with E-state index in [-0.39, 0.29) is 36.9 Å². The third-order valence-corrected chi connectivity index (χ3v) is 2.95. The van der Waals surface area contributed by atoms with Gasteiger partial charge in [-0.15, -0.1) is 36.5 Å². The fourth-order valence-corrected chi connectivity index (χ4v) is 1.74. The number of rotatable bonds is 9. The molecule has 7 nitrogen and oxygen atoms in total. The van der Waals surface area contributed by atoms with Gasteiger partial charge in [-0.1, -0.05) is 31.5 Å². The van der Waals surface area contributed by atoms with Crippen LogP contribution >= 0.6 is 24.8 Å². The van der Waals surface area contributed by atoms with Crippen molar-refractivity contribution in [2.24, 2.45) is 10.3 Å². The Bertz CT molecular complexity index is 282. The first-order valence-corrected chi connectivity index (χ1v) is 7.28. The van der Waals surface area contributed by atoms with Crippen LogP contribution in [0.25, 0.3) is 5.32 Å². The average Bonchev–Trinajstić information content (AvgIpc) is 2.51. The Morgan fingerprint density at radius 1 is 1.09 bits per heavy atom. The van der Waals surface area contributed by atoms with Crippen LogP contribution in [0.1, 0.15) is 40.5 Å². The molecule has 2 unspecified atom stereocenters. The van der Waals surface area contributed by atoms with Crippen LogP contribution in [0.5, 0.6) is 0 Å². The zero-order valence-electron chi connectivity index (χ0n) is 13.3. The minimum atomic E-state index is -0.0236. The van der Waals surface area contributed by atoms with Gasteiger partial charge in [0.05, 0.1) is 5.71 Å². The van der Waals surface area contributed by atoms with Gasteiger partial charge in [-0.25, -0.2) is 0 Å². The van der Waals surface area contributed by atoms with Crippen LogP contribution < -0.4 is 5.32 Å². The molecule has 0 aliphatic heterocycles. The van der Waals surface area contributed by atoms with Crippen molar-refractivity contribution in [2.75, 3.05) is 13.1 Å². The molecule has 0 heterocycles. The summed E-state index contributed by atoms with van der Waals surface area (Å²) < 4.78 is 8.22. The Morgan fingerprint density at radius 2 is 1.59 bits per heavy atom. The van der Waals surface area contributed by atoms with Gasteiger partial charge in [-0.2, -0.15) is 0 Å². The molecule has 10 heteroatoms. The summed E-state index contributed by atoms with van der Waals surface area (Å²) in [6.07, 6.45) is 1.69. The first-order valence-electron chi connectivity index (χ1n) is 6.53. The molecule has 22 heavy (non-hydrogen) atoms. The van der Waals surface area contributed by atoms with Gasteiger partial charge >= 0.3 is 22.4 Å². The average molecular weight is 444 g/mol. The zero-order chi connectivity index (χ0) is 16.0. The molecule has 0 saturated carbocycles. The van der Waals surface area contributed by atoms with Crippen LogP contribution in [0.4, 0.5) is 0 Å². The number of oxime groups is 2. The third-order valence-electron chi connectivity index (χ3n) is 2.95. The zero-order valence-corrected chi connectivity index (χ0v) is 16.8. The number of nitrogens with zero attached hydrogens (tertiary/aromatic N) is 3. The first kappa shape index (κ1) is 29.8. The van der Waals surface area contributed by atoms with E-state index in [1.165, 1.54) is 0 Å². The first-order chi connectivity index (χ1) is 9.60. The molecule has 0 aromatic rings. The fraction of sp³-hybridized carbons (Fsp3) is 0.833. The van der Waals surface area contributed by atoms with Crippen molar-refractivity contribution in [3.05, 3.63) is 5.32 Å². The number of halogens is 2. The van der Waals surface area contributed by atoms with Gasteiger partial charge in [-0.05, 0) is 26.8 Å². The summed E-state index contributed by atoms with van der Waals surface area (Å²) in [5, 5.41) is 31.5. The molecule has 0 aromatic heterocycles. The topological polar surface area (TPSA) is 108 Å². The van der Waals surface area contributed by atoms with E-state index in [4.69, 9.17) is 13.9 Å². The summed E-state index contributed by atoms with van der Waals surface area (Å²) in [5.74, 6) is 0. The minimum absolute atomic E-state index is 0. The van der Waals surface area contributed by atoms with Gasteiger partial charge < -0.3 is 21.0 Å². The fourth-order valence-electron chi connectivity index (χ4n) is 1.74. The van der Waals surface area contributed by atoms with E-state index in [9.17, 15) is 0 Å². The monoisotopic (exact) mass is 442 g/mol. The standard InChI is InChI=1S/C12H25N4O2.2ClH.O.Tc/c1-5-11(9(3)15-17)13-7-8-14-12(6-2)10(4)16-18;;;;/h11-13,17-18H,5-8H2,1-4H3;2*1H;;/q-1;;;;+2/b15-9+,16-10+;;;;. The molecule has 0 spiro atoms. The van der Waals surface area contributed by atoms with Crippen molar-refractivity contribution in [3.63, 3.8) is 0 Å². The molecule has 0 saturated heterocycles. The molecule has 0 aliphatic rings. The third kappa shape index (κ3) is 13.5. The molecule has 0 fully saturated rings. The molecule has 133 valence electrons. The molecular weight excluding hydrogens is 417 g/mol. The maximum atomic E-state index is 8.70. The number of nitrogens with one attached hydrogen (secondary N) is 1. The Hall–Kier alpha value is -0.111. The molecule has 0 aliphatic carbocycles. The van der Waals surface area contributed by atoms with Gasteiger partial charge in [-0.3, -0.25) is 0 Å². The summed E-state index contributed by atoms with van der Waals surface area (Å²) in [4.78, 5) is 0. The van der Waals surface area contributed by atoms with E-state index in [1.54, 1.807) is 13.8 Å². The van der Waals surface area contributed by atoms with Crippen LogP contribution in [-0.2, 0) is 22.4 Å². The van der Waals surface area contributed by atoms with Crippen molar-refractivity contribution in [3.8, 4) is 0 Å². The Balaban J connectivity index is -0.000000387. The van der Waals surface area contributed by atoms with Crippen molar-refractivity contribution in [2.45, 2.75) is 52.6 Å². The summed E-state index contributed by atoms with van der Waals surface area (Å²) in [6, 6.07) is 0.0577. The normalized spacial score (nSPS) is 13.8. The molecule has 0 amide bonds. The molecular formula is C12H27Cl2N4O3Tc+. The van der Waals surface area contributed by atoms with E-state index in [0.717, 1.165) is 31.7 Å². The SMILES string of the molecule is CCC([N-]CCNC(CC)/C(C)=N/O)/C(C)=N/O.Cl.Cl.[O]=[Tc+2]. The van der Waals surface area contributed by atoms with Gasteiger partial charge in [0.15, 0.2) is 0 Å². The van der Waals surface area contributed by atoms with Gasteiger partial charge in [0.2, 0.25) is 0 Å². The molecule has 0 radical (unpaired) electrons. The van der Waals surface area contributed by atoms with Crippen molar-refractivity contribution in [1.82, 2.24) is 5.32 Å². The van der Waals surface area contributed by atoms with E-state index in [1.807, 2.05) is 13.8 Å². The second-order valence-corrected chi connectivity index (χ2v) is 4.23. The molecule has 0 rings (SSSR count). The van der Waals surface area contributed by atoms with Crippen LogP contribution in [0, 0.1) is 0 Å². The second-order valence-electron chi connectivity index (χ2n) is 4.23. The molecule has 2 atom stereocenters. The van der Waals surface area contributed by atoms with Crippen molar-refractivity contribution < 1.29 is 32.8 Å². The van der Waals surface area contributed by atoms with E-state index in [0.29, 0.717) is 24.5 Å². The number of hydrogen-bond acceptors (Lipinski definition) is 6. The van der Waals surface area contributed by atoms with Crippen molar-refractivity contribution >= 4 is 36.2 Å². The number of hydrogen-bond donors (Lipinski definition) is 3. The van der Waals surface area contributed by atoms with Crippen LogP contribution in [0.15, 0.2) is 10.3 Å². The Kier molecular flexibility index (Phi) is 28.3. The van der Waals surface area contributed by atoms with Gasteiger partial charge in [0.1, 0.15) is 0 Å². The Labute approximate surface area is 155 Å². The van der Waals surface area contributed by atoms with E-state index < -0.39 is 0 Å².